The maximum Gasteiger partial charge on any atom is 0.195 e. The Morgan fingerprint density at radius 3 is 2.78 bits per heavy atom. The van der Waals surface area contributed by atoms with E-state index < -0.39 is 0 Å². The van der Waals surface area contributed by atoms with Crippen LogP contribution in [0.5, 0.6) is 5.75 Å². The minimum atomic E-state index is 0.503. The molecule has 96 valence electrons. The molecule has 0 fully saturated rings. The zero-order chi connectivity index (χ0) is 13.1. The SMILES string of the molecule is COc1ccccc1-c1n[nH]c(=S)n1CC(C)C. The molecule has 18 heavy (non-hydrogen) atoms. The number of nitrogens with zero attached hydrogens (tertiary/aromatic N) is 2. The van der Waals surface area contributed by atoms with Crippen LogP contribution in [0.3, 0.4) is 0 Å². The topological polar surface area (TPSA) is 42.8 Å². The molecule has 0 amide bonds. The van der Waals surface area contributed by atoms with E-state index in [1.54, 1.807) is 7.11 Å². The van der Waals surface area contributed by atoms with Gasteiger partial charge in [-0.05, 0) is 30.3 Å². The van der Waals surface area contributed by atoms with Crippen molar-refractivity contribution in [2.45, 2.75) is 20.4 Å². The predicted molar refractivity (Wildman–Crippen MR) is 74.2 cm³/mol. The molecule has 0 radical (unpaired) electrons. The Bertz CT molecular complexity index is 586. The van der Waals surface area contributed by atoms with Gasteiger partial charge in [0.05, 0.1) is 12.7 Å². The van der Waals surface area contributed by atoms with Crippen LogP contribution in [-0.2, 0) is 6.54 Å². The van der Waals surface area contributed by atoms with Gasteiger partial charge in [0, 0.05) is 6.54 Å². The third-order valence-electron chi connectivity index (χ3n) is 2.65. The average Bonchev–Trinajstić information content (AvgIpc) is 2.70. The zero-order valence-corrected chi connectivity index (χ0v) is 11.6. The maximum atomic E-state index is 5.37. The first kappa shape index (κ1) is 12.8. The number of nitrogens with one attached hydrogen (secondary N) is 1. The fourth-order valence-electron chi connectivity index (χ4n) is 1.89. The highest BCUT2D eigenvalue weighted by molar-refractivity contribution is 7.71. The highest BCUT2D eigenvalue weighted by atomic mass is 32.1. The van der Waals surface area contributed by atoms with Gasteiger partial charge in [-0.2, -0.15) is 5.10 Å². The Labute approximate surface area is 112 Å². The zero-order valence-electron chi connectivity index (χ0n) is 10.8. The van der Waals surface area contributed by atoms with Crippen LogP contribution in [0.25, 0.3) is 11.4 Å². The summed E-state index contributed by atoms with van der Waals surface area (Å²) in [5.41, 5.74) is 0.952. The van der Waals surface area contributed by atoms with E-state index in [4.69, 9.17) is 17.0 Å². The molecule has 2 rings (SSSR count). The van der Waals surface area contributed by atoms with E-state index in [2.05, 4.69) is 24.0 Å². The molecule has 1 heterocycles. The molecule has 0 atom stereocenters. The lowest BCUT2D eigenvalue weighted by Crippen LogP contribution is -2.06. The lowest BCUT2D eigenvalue weighted by molar-refractivity contribution is 0.415. The Hall–Kier alpha value is -1.62. The van der Waals surface area contributed by atoms with Crippen molar-refractivity contribution < 1.29 is 4.74 Å². The van der Waals surface area contributed by atoms with Crippen molar-refractivity contribution in [3.63, 3.8) is 0 Å². The number of ether oxygens (including phenoxy) is 1. The molecular weight excluding hydrogens is 246 g/mol. The minimum absolute atomic E-state index is 0.503. The van der Waals surface area contributed by atoms with Crippen LogP contribution in [-0.4, -0.2) is 21.9 Å². The van der Waals surface area contributed by atoms with Crippen LogP contribution in [0.1, 0.15) is 13.8 Å². The average molecular weight is 263 g/mol. The molecule has 4 nitrogen and oxygen atoms in total. The van der Waals surface area contributed by atoms with Gasteiger partial charge in [-0.25, -0.2) is 0 Å². The second-order valence-corrected chi connectivity index (χ2v) is 4.94. The number of hydrogen-bond acceptors (Lipinski definition) is 3. The van der Waals surface area contributed by atoms with Crippen molar-refractivity contribution in [3.05, 3.63) is 29.0 Å². The fraction of sp³-hybridized carbons (Fsp3) is 0.385. The molecule has 0 aliphatic carbocycles. The van der Waals surface area contributed by atoms with Gasteiger partial charge in [-0.1, -0.05) is 26.0 Å². The molecule has 0 saturated carbocycles. The smallest absolute Gasteiger partial charge is 0.195 e. The van der Waals surface area contributed by atoms with Gasteiger partial charge in [-0.15, -0.1) is 0 Å². The van der Waals surface area contributed by atoms with Crippen LogP contribution in [0, 0.1) is 10.7 Å². The van der Waals surface area contributed by atoms with Crippen LogP contribution in [0.4, 0.5) is 0 Å². The summed E-state index contributed by atoms with van der Waals surface area (Å²) < 4.78 is 8.02. The second kappa shape index (κ2) is 5.35. The summed E-state index contributed by atoms with van der Waals surface area (Å²) in [5.74, 6) is 2.13. The number of benzene rings is 1. The standard InChI is InChI=1S/C13H17N3OS/c1-9(2)8-16-12(14-15-13(16)18)10-6-4-5-7-11(10)17-3/h4-7,9H,8H2,1-3H3,(H,15,18). The predicted octanol–water partition coefficient (Wildman–Crippen LogP) is 3.27. The van der Waals surface area contributed by atoms with Crippen molar-refractivity contribution in [1.82, 2.24) is 14.8 Å². The monoisotopic (exact) mass is 263 g/mol. The van der Waals surface area contributed by atoms with E-state index in [0.717, 1.165) is 23.7 Å². The van der Waals surface area contributed by atoms with E-state index in [1.165, 1.54) is 0 Å². The minimum Gasteiger partial charge on any atom is -0.496 e. The summed E-state index contributed by atoms with van der Waals surface area (Å²) in [6.07, 6.45) is 0. The van der Waals surface area contributed by atoms with Crippen molar-refractivity contribution in [2.75, 3.05) is 7.11 Å². The van der Waals surface area contributed by atoms with Crippen molar-refractivity contribution in [2.24, 2.45) is 5.92 Å². The van der Waals surface area contributed by atoms with E-state index in [0.29, 0.717) is 10.7 Å². The second-order valence-electron chi connectivity index (χ2n) is 4.56. The highest BCUT2D eigenvalue weighted by Crippen LogP contribution is 2.28. The third kappa shape index (κ3) is 2.46. The van der Waals surface area contributed by atoms with Gasteiger partial charge in [-0.3, -0.25) is 9.67 Å². The Morgan fingerprint density at radius 2 is 2.11 bits per heavy atom. The Morgan fingerprint density at radius 1 is 1.39 bits per heavy atom. The number of para-hydroxylation sites is 1. The van der Waals surface area contributed by atoms with Crippen molar-refractivity contribution in [1.29, 1.82) is 0 Å². The van der Waals surface area contributed by atoms with Crippen LogP contribution < -0.4 is 4.74 Å². The summed E-state index contributed by atoms with van der Waals surface area (Å²) in [6.45, 7) is 5.14. The molecule has 0 aliphatic heterocycles. The first-order valence-electron chi connectivity index (χ1n) is 5.92. The largest absolute Gasteiger partial charge is 0.496 e. The highest BCUT2D eigenvalue weighted by Gasteiger charge is 2.13. The molecule has 0 spiro atoms. The molecule has 0 bridgehead atoms. The summed E-state index contributed by atoms with van der Waals surface area (Å²) in [6, 6.07) is 7.82. The van der Waals surface area contributed by atoms with Gasteiger partial charge in [0.2, 0.25) is 0 Å². The van der Waals surface area contributed by atoms with Crippen LogP contribution in [0.15, 0.2) is 24.3 Å². The van der Waals surface area contributed by atoms with Gasteiger partial charge < -0.3 is 4.74 Å². The van der Waals surface area contributed by atoms with E-state index in [-0.39, 0.29) is 0 Å². The van der Waals surface area contributed by atoms with Gasteiger partial charge in [0.15, 0.2) is 10.6 Å². The normalized spacial score (nSPS) is 10.9. The lowest BCUT2D eigenvalue weighted by Gasteiger charge is -2.11. The van der Waals surface area contributed by atoms with Crippen molar-refractivity contribution in [3.8, 4) is 17.1 Å². The molecule has 2 aromatic rings. The summed E-state index contributed by atoms with van der Waals surface area (Å²) in [5, 5.41) is 7.17. The molecule has 1 aromatic heterocycles. The number of methoxy groups -OCH3 is 1. The van der Waals surface area contributed by atoms with E-state index in [9.17, 15) is 0 Å². The molecule has 1 aromatic carbocycles. The molecule has 0 aliphatic rings. The van der Waals surface area contributed by atoms with Crippen LogP contribution >= 0.6 is 12.2 Å². The molecule has 0 saturated heterocycles. The van der Waals surface area contributed by atoms with Gasteiger partial charge >= 0.3 is 0 Å². The maximum absolute atomic E-state index is 5.37. The Balaban J connectivity index is 2.54. The lowest BCUT2D eigenvalue weighted by atomic mass is 10.1. The molecule has 0 unspecified atom stereocenters. The number of aromatic nitrogens is 3. The van der Waals surface area contributed by atoms with Gasteiger partial charge in [0.25, 0.3) is 0 Å². The Kier molecular flexibility index (Phi) is 3.81. The first-order valence-corrected chi connectivity index (χ1v) is 6.33. The number of H-pyrrole nitrogens is 1. The van der Waals surface area contributed by atoms with Gasteiger partial charge in [0.1, 0.15) is 5.75 Å². The first-order chi connectivity index (χ1) is 8.63. The number of rotatable bonds is 4. The van der Waals surface area contributed by atoms with Crippen LogP contribution in [0.2, 0.25) is 0 Å². The third-order valence-corrected chi connectivity index (χ3v) is 2.97. The summed E-state index contributed by atoms with van der Waals surface area (Å²) >= 11 is 5.27. The number of hydrogen-bond donors (Lipinski definition) is 1. The summed E-state index contributed by atoms with van der Waals surface area (Å²) in [7, 11) is 1.66. The van der Waals surface area contributed by atoms with E-state index in [1.807, 2.05) is 28.8 Å². The summed E-state index contributed by atoms with van der Waals surface area (Å²) in [4.78, 5) is 0. The molecular formula is C13H17N3OS. The fourth-order valence-corrected chi connectivity index (χ4v) is 2.09. The van der Waals surface area contributed by atoms with Crippen molar-refractivity contribution >= 4 is 12.2 Å². The number of aromatic amines is 1. The molecule has 5 heteroatoms. The molecule has 1 N–H and O–H groups in total. The van der Waals surface area contributed by atoms with E-state index >= 15 is 0 Å². The quantitative estimate of drug-likeness (QED) is 0.861.